The highest BCUT2D eigenvalue weighted by molar-refractivity contribution is 9.10. The van der Waals surface area contributed by atoms with Gasteiger partial charge in [0.2, 0.25) is 0 Å². The molecule has 0 saturated heterocycles. The van der Waals surface area contributed by atoms with Crippen LogP contribution in [0.1, 0.15) is 24.0 Å². The summed E-state index contributed by atoms with van der Waals surface area (Å²) in [6.07, 6.45) is -1.83. The predicted molar refractivity (Wildman–Crippen MR) is 108 cm³/mol. The maximum Gasteiger partial charge on any atom is 0.416 e. The van der Waals surface area contributed by atoms with E-state index in [2.05, 4.69) is 21.2 Å². The summed E-state index contributed by atoms with van der Waals surface area (Å²) in [5, 5.41) is 8.33. The molecule has 8 heteroatoms. The Morgan fingerprint density at radius 2 is 1.89 bits per heavy atom. The van der Waals surface area contributed by atoms with Gasteiger partial charge in [-0.15, -0.1) is 0 Å². The third kappa shape index (κ3) is 3.53. The van der Waals surface area contributed by atoms with Crippen molar-refractivity contribution in [3.8, 4) is 16.9 Å². The molecule has 0 spiro atoms. The zero-order valence-electron chi connectivity index (χ0n) is 14.7. The van der Waals surface area contributed by atoms with E-state index in [-0.39, 0.29) is 5.02 Å². The van der Waals surface area contributed by atoms with E-state index in [0.29, 0.717) is 17.7 Å². The molecule has 3 aromatic rings. The standard InChI is InChI=1S/C20H16BrClF3N3/c21-15-6-1-2-7-17(15)28-19-13(5-3-4-10-26-19)18(27-28)14-11-12(20(23,24)25)8-9-16(14)22/h1-2,6-9,11,26H,3-5,10H2. The monoisotopic (exact) mass is 469 g/mol. The largest absolute Gasteiger partial charge is 0.416 e. The first-order valence-corrected chi connectivity index (χ1v) is 10.0. The summed E-state index contributed by atoms with van der Waals surface area (Å²) in [5.41, 5.74) is 1.73. The van der Waals surface area contributed by atoms with Crippen molar-refractivity contribution in [3.05, 3.63) is 63.1 Å². The molecule has 4 rings (SSSR count). The fourth-order valence-electron chi connectivity index (χ4n) is 3.40. The first-order chi connectivity index (χ1) is 13.4. The molecule has 2 heterocycles. The number of para-hydroxylation sites is 1. The molecule has 0 saturated carbocycles. The number of hydrogen-bond donors (Lipinski definition) is 1. The van der Waals surface area contributed by atoms with Crippen molar-refractivity contribution < 1.29 is 13.2 Å². The van der Waals surface area contributed by atoms with Gasteiger partial charge in [0.25, 0.3) is 0 Å². The lowest BCUT2D eigenvalue weighted by Gasteiger charge is -2.10. The highest BCUT2D eigenvalue weighted by atomic mass is 79.9. The lowest BCUT2D eigenvalue weighted by atomic mass is 10.0. The quantitative estimate of drug-likeness (QED) is 0.450. The van der Waals surface area contributed by atoms with Crippen molar-refractivity contribution in [2.24, 2.45) is 0 Å². The number of hydrogen-bond acceptors (Lipinski definition) is 2. The van der Waals surface area contributed by atoms with Crippen LogP contribution in [0.15, 0.2) is 46.9 Å². The minimum atomic E-state index is -4.44. The second-order valence-electron chi connectivity index (χ2n) is 6.62. The molecule has 0 atom stereocenters. The van der Waals surface area contributed by atoms with E-state index >= 15 is 0 Å². The van der Waals surface area contributed by atoms with Gasteiger partial charge in [-0.25, -0.2) is 4.68 Å². The van der Waals surface area contributed by atoms with Crippen molar-refractivity contribution in [1.82, 2.24) is 9.78 Å². The maximum absolute atomic E-state index is 13.3. The summed E-state index contributed by atoms with van der Waals surface area (Å²) in [7, 11) is 0. The van der Waals surface area contributed by atoms with Gasteiger partial charge < -0.3 is 5.32 Å². The van der Waals surface area contributed by atoms with Gasteiger partial charge in [0.1, 0.15) is 5.82 Å². The fraction of sp³-hybridized carbons (Fsp3) is 0.250. The van der Waals surface area contributed by atoms with Crippen LogP contribution in [0.4, 0.5) is 19.0 Å². The van der Waals surface area contributed by atoms with Crippen LogP contribution in [-0.4, -0.2) is 16.3 Å². The predicted octanol–water partition coefficient (Wildman–Crippen LogP) is 6.72. The summed E-state index contributed by atoms with van der Waals surface area (Å²) >= 11 is 9.84. The van der Waals surface area contributed by atoms with Crippen molar-refractivity contribution in [1.29, 1.82) is 0 Å². The first kappa shape index (κ1) is 19.3. The topological polar surface area (TPSA) is 29.9 Å². The molecule has 146 valence electrons. The van der Waals surface area contributed by atoms with Crippen molar-refractivity contribution >= 4 is 33.3 Å². The van der Waals surface area contributed by atoms with Gasteiger partial charge in [0.15, 0.2) is 0 Å². The summed E-state index contributed by atoms with van der Waals surface area (Å²) in [5.74, 6) is 0.799. The van der Waals surface area contributed by atoms with Gasteiger partial charge in [0, 0.05) is 22.1 Å². The molecule has 28 heavy (non-hydrogen) atoms. The highest BCUT2D eigenvalue weighted by Gasteiger charge is 2.32. The van der Waals surface area contributed by atoms with Gasteiger partial charge in [-0.1, -0.05) is 23.7 Å². The minimum Gasteiger partial charge on any atom is -0.370 e. The molecule has 0 unspecified atom stereocenters. The molecule has 0 aliphatic carbocycles. The third-order valence-electron chi connectivity index (χ3n) is 4.76. The highest BCUT2D eigenvalue weighted by Crippen LogP contribution is 2.40. The molecule has 3 nitrogen and oxygen atoms in total. The van der Waals surface area contributed by atoms with E-state index in [0.717, 1.165) is 53.1 Å². The lowest BCUT2D eigenvalue weighted by Crippen LogP contribution is -2.07. The van der Waals surface area contributed by atoms with Crippen LogP contribution in [-0.2, 0) is 12.6 Å². The van der Waals surface area contributed by atoms with Crippen LogP contribution in [0.25, 0.3) is 16.9 Å². The van der Waals surface area contributed by atoms with Gasteiger partial charge in [-0.2, -0.15) is 18.3 Å². The van der Waals surface area contributed by atoms with Crippen LogP contribution in [0, 0.1) is 0 Å². The normalized spacial score (nSPS) is 14.3. The lowest BCUT2D eigenvalue weighted by molar-refractivity contribution is -0.137. The number of anilines is 1. The van der Waals surface area contributed by atoms with E-state index in [1.807, 2.05) is 24.3 Å². The zero-order chi connectivity index (χ0) is 19.9. The molecule has 0 amide bonds. The molecular formula is C20H16BrClF3N3. The number of nitrogens with zero attached hydrogens (tertiary/aromatic N) is 2. The molecule has 0 fully saturated rings. The fourth-order valence-corrected chi connectivity index (χ4v) is 4.06. The Bertz CT molecular complexity index is 1030. The van der Waals surface area contributed by atoms with Gasteiger partial charge >= 0.3 is 6.18 Å². The van der Waals surface area contributed by atoms with E-state index in [9.17, 15) is 13.2 Å². The Labute approximate surface area is 173 Å². The number of fused-ring (bicyclic) bond motifs is 1. The number of benzene rings is 2. The Hall–Kier alpha value is -1.99. The molecule has 1 aliphatic heterocycles. The number of rotatable bonds is 2. The molecule has 0 bridgehead atoms. The molecule has 1 aliphatic rings. The number of nitrogens with one attached hydrogen (secondary N) is 1. The molecule has 2 aromatic carbocycles. The van der Waals surface area contributed by atoms with Crippen LogP contribution >= 0.6 is 27.5 Å². The van der Waals surface area contributed by atoms with Crippen LogP contribution in [0.5, 0.6) is 0 Å². The number of halogens is 5. The second kappa shape index (κ2) is 7.44. The minimum absolute atomic E-state index is 0.247. The van der Waals surface area contributed by atoms with Crippen LogP contribution in [0.2, 0.25) is 5.02 Å². The van der Waals surface area contributed by atoms with Crippen molar-refractivity contribution in [2.75, 3.05) is 11.9 Å². The summed E-state index contributed by atoms with van der Waals surface area (Å²) in [6.45, 7) is 0.777. The number of aromatic nitrogens is 2. The average molecular weight is 471 g/mol. The van der Waals surface area contributed by atoms with Gasteiger partial charge in [0.05, 0.1) is 22.0 Å². The Morgan fingerprint density at radius 1 is 1.11 bits per heavy atom. The van der Waals surface area contributed by atoms with Crippen molar-refractivity contribution in [2.45, 2.75) is 25.4 Å². The Morgan fingerprint density at radius 3 is 2.64 bits per heavy atom. The van der Waals surface area contributed by atoms with Crippen LogP contribution in [0.3, 0.4) is 0 Å². The summed E-state index contributed by atoms with van der Waals surface area (Å²) in [6, 6.07) is 11.0. The molecular weight excluding hydrogens is 455 g/mol. The average Bonchev–Trinajstić information content (AvgIpc) is 2.83. The number of alkyl halides is 3. The van der Waals surface area contributed by atoms with Crippen molar-refractivity contribution in [3.63, 3.8) is 0 Å². The third-order valence-corrected chi connectivity index (χ3v) is 5.76. The Kier molecular flexibility index (Phi) is 5.14. The van der Waals surface area contributed by atoms with E-state index in [1.165, 1.54) is 6.07 Å². The molecule has 1 aromatic heterocycles. The van der Waals surface area contributed by atoms with E-state index in [1.54, 1.807) is 4.68 Å². The molecule has 1 N–H and O–H groups in total. The van der Waals surface area contributed by atoms with Crippen LogP contribution < -0.4 is 5.32 Å². The second-order valence-corrected chi connectivity index (χ2v) is 7.88. The SMILES string of the molecule is FC(F)(F)c1ccc(Cl)c(-c2nn(-c3ccccc3Br)c3c2CCCCN3)c1. The summed E-state index contributed by atoms with van der Waals surface area (Å²) in [4.78, 5) is 0. The maximum atomic E-state index is 13.3. The van der Waals surface area contributed by atoms with Gasteiger partial charge in [-0.05, 0) is 65.5 Å². The Balaban J connectivity index is 1.95. The first-order valence-electron chi connectivity index (χ1n) is 8.84. The zero-order valence-corrected chi connectivity index (χ0v) is 17.0. The van der Waals surface area contributed by atoms with Gasteiger partial charge in [-0.3, -0.25) is 0 Å². The smallest absolute Gasteiger partial charge is 0.370 e. The van der Waals surface area contributed by atoms with E-state index in [4.69, 9.17) is 16.7 Å². The van der Waals surface area contributed by atoms with E-state index < -0.39 is 11.7 Å². The molecule has 0 radical (unpaired) electrons. The summed E-state index contributed by atoms with van der Waals surface area (Å²) < 4.78 is 42.4.